The Balaban J connectivity index is 1.93. The van der Waals surface area contributed by atoms with Crippen LogP contribution < -0.4 is 11.1 Å². The van der Waals surface area contributed by atoms with Crippen molar-refractivity contribution in [1.29, 1.82) is 0 Å². The molecule has 1 amide bonds. The Kier molecular flexibility index (Phi) is 4.83. The quantitative estimate of drug-likeness (QED) is 0.814. The molecule has 0 unspecified atom stereocenters. The highest BCUT2D eigenvalue weighted by molar-refractivity contribution is 5.93. The molecule has 0 atom stereocenters. The zero-order valence-corrected chi connectivity index (χ0v) is 11.7. The molecule has 0 bridgehead atoms. The smallest absolute Gasteiger partial charge is 0.248 e. The summed E-state index contributed by atoms with van der Waals surface area (Å²) in [5.74, 6) is 0.427. The summed E-state index contributed by atoms with van der Waals surface area (Å²) >= 11 is 0. The number of carbonyl (C=O) groups is 1. The predicted octanol–water partition coefficient (Wildman–Crippen LogP) is 3.48. The summed E-state index contributed by atoms with van der Waals surface area (Å²) in [7, 11) is 0. The van der Waals surface area contributed by atoms with E-state index in [0.717, 1.165) is 23.7 Å². The average Bonchev–Trinajstić information content (AvgIpc) is 2.65. The molecule has 0 spiro atoms. The van der Waals surface area contributed by atoms with Gasteiger partial charge < -0.3 is 11.1 Å². The molecule has 1 saturated carbocycles. The topological polar surface area (TPSA) is 55.1 Å². The van der Waals surface area contributed by atoms with Gasteiger partial charge in [0, 0.05) is 17.8 Å². The van der Waals surface area contributed by atoms with E-state index in [0.29, 0.717) is 5.56 Å². The van der Waals surface area contributed by atoms with Crippen LogP contribution in [0.4, 0.5) is 5.69 Å². The minimum absolute atomic E-state index is 0.363. The van der Waals surface area contributed by atoms with Gasteiger partial charge in [0.05, 0.1) is 0 Å². The fourth-order valence-corrected chi connectivity index (χ4v) is 2.84. The van der Waals surface area contributed by atoms with E-state index >= 15 is 0 Å². The molecule has 1 aromatic rings. The predicted molar refractivity (Wildman–Crippen MR) is 79.4 cm³/mol. The molecule has 0 saturated heterocycles. The molecule has 1 aliphatic carbocycles. The van der Waals surface area contributed by atoms with Gasteiger partial charge in [0.1, 0.15) is 0 Å². The Morgan fingerprint density at radius 2 is 1.95 bits per heavy atom. The van der Waals surface area contributed by atoms with Crippen LogP contribution in [0.15, 0.2) is 18.2 Å². The van der Waals surface area contributed by atoms with Gasteiger partial charge in [0.25, 0.3) is 0 Å². The van der Waals surface area contributed by atoms with Crippen molar-refractivity contribution in [3.05, 3.63) is 29.3 Å². The van der Waals surface area contributed by atoms with E-state index in [9.17, 15) is 4.79 Å². The minimum Gasteiger partial charge on any atom is -0.385 e. The van der Waals surface area contributed by atoms with Gasteiger partial charge in [-0.2, -0.15) is 0 Å². The first kappa shape index (κ1) is 13.9. The molecule has 1 aliphatic rings. The van der Waals surface area contributed by atoms with Gasteiger partial charge in [-0.05, 0) is 49.4 Å². The van der Waals surface area contributed by atoms with Gasteiger partial charge in [-0.1, -0.05) is 25.7 Å². The van der Waals surface area contributed by atoms with E-state index in [1.165, 1.54) is 38.5 Å². The van der Waals surface area contributed by atoms with Crippen molar-refractivity contribution in [3.63, 3.8) is 0 Å². The standard InChI is InChI=1S/C16H24N2O/c1-12-10-14(16(17)19)8-9-15(12)18-11-13-6-4-2-3-5-7-13/h8-10,13,18H,2-7,11H2,1H3,(H2,17,19). The fraction of sp³-hybridized carbons (Fsp3) is 0.562. The van der Waals surface area contributed by atoms with Crippen molar-refractivity contribution in [2.45, 2.75) is 45.4 Å². The number of nitrogens with two attached hydrogens (primary N) is 1. The van der Waals surface area contributed by atoms with Gasteiger partial charge in [0.2, 0.25) is 5.91 Å². The Labute approximate surface area is 115 Å². The zero-order chi connectivity index (χ0) is 13.7. The molecule has 1 fully saturated rings. The summed E-state index contributed by atoms with van der Waals surface area (Å²) in [5, 5.41) is 3.52. The molecule has 1 aromatic carbocycles. The summed E-state index contributed by atoms with van der Waals surface area (Å²) < 4.78 is 0. The second-order valence-corrected chi connectivity index (χ2v) is 5.63. The highest BCUT2D eigenvalue weighted by Crippen LogP contribution is 2.24. The summed E-state index contributed by atoms with van der Waals surface area (Å²) in [6.07, 6.45) is 8.19. The molecule has 3 N–H and O–H groups in total. The van der Waals surface area contributed by atoms with Gasteiger partial charge in [0.15, 0.2) is 0 Å². The third kappa shape index (κ3) is 3.98. The van der Waals surface area contributed by atoms with Gasteiger partial charge in [-0.15, -0.1) is 0 Å². The Morgan fingerprint density at radius 3 is 2.53 bits per heavy atom. The van der Waals surface area contributed by atoms with Crippen LogP contribution in [0.3, 0.4) is 0 Å². The SMILES string of the molecule is Cc1cc(C(N)=O)ccc1NCC1CCCCCC1. The number of hydrogen-bond donors (Lipinski definition) is 2. The van der Waals surface area contributed by atoms with E-state index < -0.39 is 0 Å². The van der Waals surface area contributed by atoms with Crippen molar-refractivity contribution in [2.75, 3.05) is 11.9 Å². The second-order valence-electron chi connectivity index (χ2n) is 5.63. The summed E-state index contributed by atoms with van der Waals surface area (Å²) in [6, 6.07) is 5.62. The van der Waals surface area contributed by atoms with E-state index in [2.05, 4.69) is 5.32 Å². The maximum absolute atomic E-state index is 11.1. The maximum atomic E-state index is 11.1. The monoisotopic (exact) mass is 260 g/mol. The van der Waals surface area contributed by atoms with Crippen LogP contribution in [0.2, 0.25) is 0 Å². The molecule has 0 aromatic heterocycles. The molecule has 3 nitrogen and oxygen atoms in total. The van der Waals surface area contributed by atoms with E-state index in [1.54, 1.807) is 6.07 Å². The van der Waals surface area contributed by atoms with Crippen molar-refractivity contribution in [3.8, 4) is 0 Å². The number of hydrogen-bond acceptors (Lipinski definition) is 2. The first-order valence-electron chi connectivity index (χ1n) is 7.31. The lowest BCUT2D eigenvalue weighted by Crippen LogP contribution is -2.15. The largest absolute Gasteiger partial charge is 0.385 e. The second kappa shape index (κ2) is 6.60. The molecular weight excluding hydrogens is 236 g/mol. The number of nitrogens with one attached hydrogen (secondary N) is 1. The van der Waals surface area contributed by atoms with Gasteiger partial charge in [-0.3, -0.25) is 4.79 Å². The van der Waals surface area contributed by atoms with Crippen LogP contribution in [0, 0.1) is 12.8 Å². The summed E-state index contributed by atoms with van der Waals surface area (Å²) in [4.78, 5) is 11.1. The third-order valence-electron chi connectivity index (χ3n) is 4.07. The van der Waals surface area contributed by atoms with Crippen LogP contribution in [0.5, 0.6) is 0 Å². The number of anilines is 1. The van der Waals surface area contributed by atoms with Gasteiger partial charge in [-0.25, -0.2) is 0 Å². The van der Waals surface area contributed by atoms with E-state index in [-0.39, 0.29) is 5.91 Å². The van der Waals surface area contributed by atoms with Crippen LogP contribution in [0.25, 0.3) is 0 Å². The third-order valence-corrected chi connectivity index (χ3v) is 4.07. The molecule has 0 radical (unpaired) electrons. The number of rotatable bonds is 4. The zero-order valence-electron chi connectivity index (χ0n) is 11.7. The first-order chi connectivity index (χ1) is 9.16. The van der Waals surface area contributed by atoms with Crippen molar-refractivity contribution in [1.82, 2.24) is 0 Å². The maximum Gasteiger partial charge on any atom is 0.248 e. The lowest BCUT2D eigenvalue weighted by atomic mass is 10.00. The molecule has 19 heavy (non-hydrogen) atoms. The van der Waals surface area contributed by atoms with Crippen LogP contribution in [-0.2, 0) is 0 Å². The molecule has 0 heterocycles. The summed E-state index contributed by atoms with van der Waals surface area (Å²) in [5.41, 5.74) is 8.07. The van der Waals surface area contributed by atoms with Crippen LogP contribution >= 0.6 is 0 Å². The number of carbonyl (C=O) groups excluding carboxylic acids is 1. The normalized spacial score (nSPS) is 16.9. The van der Waals surface area contributed by atoms with E-state index in [4.69, 9.17) is 5.73 Å². The first-order valence-corrected chi connectivity index (χ1v) is 7.31. The highest BCUT2D eigenvalue weighted by Gasteiger charge is 2.12. The Bertz CT molecular complexity index is 434. The minimum atomic E-state index is -0.363. The molecule has 3 heteroatoms. The number of benzene rings is 1. The number of primary amides is 1. The highest BCUT2D eigenvalue weighted by atomic mass is 16.1. The van der Waals surface area contributed by atoms with E-state index in [1.807, 2.05) is 19.1 Å². The van der Waals surface area contributed by atoms with Crippen molar-refractivity contribution >= 4 is 11.6 Å². The lowest BCUT2D eigenvalue weighted by molar-refractivity contribution is 0.1000. The molecule has 104 valence electrons. The van der Waals surface area contributed by atoms with Crippen molar-refractivity contribution < 1.29 is 4.79 Å². The molecular formula is C16H24N2O. The van der Waals surface area contributed by atoms with Crippen molar-refractivity contribution in [2.24, 2.45) is 11.7 Å². The van der Waals surface area contributed by atoms with Crippen LogP contribution in [-0.4, -0.2) is 12.5 Å². The molecule has 0 aliphatic heterocycles. The van der Waals surface area contributed by atoms with Crippen LogP contribution in [0.1, 0.15) is 54.4 Å². The fourth-order valence-electron chi connectivity index (χ4n) is 2.84. The number of aryl methyl sites for hydroxylation is 1. The Morgan fingerprint density at radius 1 is 1.26 bits per heavy atom. The lowest BCUT2D eigenvalue weighted by Gasteiger charge is -2.17. The average molecular weight is 260 g/mol. The van der Waals surface area contributed by atoms with Gasteiger partial charge >= 0.3 is 0 Å². The number of amides is 1. The Hall–Kier alpha value is -1.51. The summed E-state index contributed by atoms with van der Waals surface area (Å²) in [6.45, 7) is 3.05. The molecule has 2 rings (SSSR count).